The van der Waals surface area contributed by atoms with E-state index in [0.29, 0.717) is 12.7 Å². The Labute approximate surface area is 118 Å². The van der Waals surface area contributed by atoms with Crippen LogP contribution in [0.5, 0.6) is 0 Å². The van der Waals surface area contributed by atoms with E-state index >= 15 is 0 Å². The average molecular weight is 268 g/mol. The molecule has 0 heterocycles. The zero-order chi connectivity index (χ0) is 14.2. The fraction of sp³-hybridized carbons (Fsp3) is 0.176. The van der Waals surface area contributed by atoms with Crippen molar-refractivity contribution in [2.75, 3.05) is 0 Å². The highest BCUT2D eigenvalue weighted by atomic mass is 16.5. The third-order valence-electron chi connectivity index (χ3n) is 2.99. The number of benzene rings is 2. The van der Waals surface area contributed by atoms with Gasteiger partial charge in [-0.25, -0.2) is 0 Å². The lowest BCUT2D eigenvalue weighted by Gasteiger charge is -2.10. The Hall–Kier alpha value is -2.42. The van der Waals surface area contributed by atoms with Crippen LogP contribution in [-0.2, 0) is 27.4 Å². The third-order valence-corrected chi connectivity index (χ3v) is 2.99. The summed E-state index contributed by atoms with van der Waals surface area (Å²) in [5.41, 5.74) is 1.85. The van der Waals surface area contributed by atoms with Crippen LogP contribution in [0.25, 0.3) is 0 Å². The Balaban J connectivity index is 1.91. The van der Waals surface area contributed by atoms with Gasteiger partial charge in [-0.05, 0) is 17.5 Å². The van der Waals surface area contributed by atoms with Crippen LogP contribution in [-0.4, -0.2) is 12.3 Å². The molecule has 0 saturated heterocycles. The molecule has 0 fully saturated rings. The van der Waals surface area contributed by atoms with Gasteiger partial charge in [0.15, 0.2) is 0 Å². The fourth-order valence-electron chi connectivity index (χ4n) is 1.89. The molecule has 2 rings (SSSR count). The molecule has 1 atom stereocenters. The van der Waals surface area contributed by atoms with E-state index in [2.05, 4.69) is 0 Å². The van der Waals surface area contributed by atoms with Crippen LogP contribution in [0.1, 0.15) is 11.1 Å². The molecule has 0 saturated carbocycles. The molecule has 0 aliphatic rings. The molecule has 0 aromatic heterocycles. The molecule has 0 aliphatic heterocycles. The molecule has 0 bridgehead atoms. The van der Waals surface area contributed by atoms with Crippen molar-refractivity contribution < 1.29 is 14.3 Å². The first-order valence-corrected chi connectivity index (χ1v) is 6.49. The van der Waals surface area contributed by atoms with E-state index in [1.54, 1.807) is 0 Å². The molecule has 2 aromatic carbocycles. The molecule has 2 aromatic rings. The third kappa shape index (κ3) is 4.05. The van der Waals surface area contributed by atoms with Gasteiger partial charge in [0, 0.05) is 0 Å². The van der Waals surface area contributed by atoms with Crippen LogP contribution in [0.2, 0.25) is 0 Å². The van der Waals surface area contributed by atoms with E-state index in [9.17, 15) is 9.59 Å². The summed E-state index contributed by atoms with van der Waals surface area (Å²) < 4.78 is 5.18. The van der Waals surface area contributed by atoms with Crippen molar-refractivity contribution in [1.82, 2.24) is 0 Å². The summed E-state index contributed by atoms with van der Waals surface area (Å²) >= 11 is 0. The maximum absolute atomic E-state index is 11.9. The number of carbonyl (C=O) groups excluding carboxylic acids is 2. The zero-order valence-electron chi connectivity index (χ0n) is 11.1. The number of aldehydes is 1. The van der Waals surface area contributed by atoms with Crippen molar-refractivity contribution in [3.8, 4) is 0 Å². The number of ether oxygens (including phenoxy) is 1. The van der Waals surface area contributed by atoms with E-state index in [0.717, 1.165) is 11.1 Å². The number of hydrogen-bond donors (Lipinski definition) is 0. The van der Waals surface area contributed by atoms with Gasteiger partial charge in [0.1, 0.15) is 18.8 Å². The SMILES string of the molecule is O=CC(Cc1ccccc1)C(=O)OCc1ccccc1. The molecule has 3 nitrogen and oxygen atoms in total. The lowest BCUT2D eigenvalue weighted by molar-refractivity contribution is -0.151. The summed E-state index contributed by atoms with van der Waals surface area (Å²) in [7, 11) is 0. The standard InChI is InChI=1S/C17H16O3/c18-12-16(11-14-7-3-1-4-8-14)17(19)20-13-15-9-5-2-6-10-15/h1-10,12,16H,11,13H2. The van der Waals surface area contributed by atoms with Gasteiger partial charge in [-0.3, -0.25) is 4.79 Å². The van der Waals surface area contributed by atoms with Crippen molar-refractivity contribution in [3.05, 3.63) is 71.8 Å². The minimum Gasteiger partial charge on any atom is -0.460 e. The van der Waals surface area contributed by atoms with Crippen LogP contribution in [0.4, 0.5) is 0 Å². The van der Waals surface area contributed by atoms with Crippen molar-refractivity contribution in [2.24, 2.45) is 5.92 Å². The number of carbonyl (C=O) groups is 2. The quantitative estimate of drug-likeness (QED) is 0.459. The molecule has 0 spiro atoms. The summed E-state index contributed by atoms with van der Waals surface area (Å²) in [6.07, 6.45) is 1.03. The second-order valence-corrected chi connectivity index (χ2v) is 4.53. The Bertz CT molecular complexity index is 549. The number of rotatable bonds is 6. The van der Waals surface area contributed by atoms with Crippen LogP contribution in [0.3, 0.4) is 0 Å². The smallest absolute Gasteiger partial charge is 0.316 e. The summed E-state index contributed by atoms with van der Waals surface area (Å²) in [6, 6.07) is 18.8. The molecule has 0 N–H and O–H groups in total. The second kappa shape index (κ2) is 7.24. The number of esters is 1. The van der Waals surface area contributed by atoms with Gasteiger partial charge < -0.3 is 9.53 Å². The van der Waals surface area contributed by atoms with E-state index in [-0.39, 0.29) is 6.61 Å². The molecular weight excluding hydrogens is 252 g/mol. The summed E-state index contributed by atoms with van der Waals surface area (Å²) in [4.78, 5) is 23.0. The summed E-state index contributed by atoms with van der Waals surface area (Å²) in [6.45, 7) is 0.193. The normalized spacial score (nSPS) is 11.6. The topological polar surface area (TPSA) is 43.4 Å². The van der Waals surface area contributed by atoms with Gasteiger partial charge >= 0.3 is 5.97 Å². The molecule has 1 unspecified atom stereocenters. The molecule has 20 heavy (non-hydrogen) atoms. The molecule has 0 aliphatic carbocycles. The molecule has 102 valence electrons. The minimum absolute atomic E-state index is 0.193. The Morgan fingerprint density at radius 2 is 1.50 bits per heavy atom. The molecule has 3 heteroatoms. The van der Waals surface area contributed by atoms with Gasteiger partial charge in [0.05, 0.1) is 0 Å². The minimum atomic E-state index is -0.749. The van der Waals surface area contributed by atoms with Gasteiger partial charge in [-0.1, -0.05) is 60.7 Å². The highest BCUT2D eigenvalue weighted by Gasteiger charge is 2.19. The lowest BCUT2D eigenvalue weighted by atomic mass is 10.0. The Morgan fingerprint density at radius 1 is 0.950 bits per heavy atom. The van der Waals surface area contributed by atoms with Gasteiger partial charge in [0.25, 0.3) is 0 Å². The van der Waals surface area contributed by atoms with Crippen molar-refractivity contribution >= 4 is 12.3 Å². The predicted octanol–water partition coefficient (Wildman–Crippen LogP) is 2.79. The molecule has 0 amide bonds. The summed E-state index contributed by atoms with van der Waals surface area (Å²) in [5.74, 6) is -1.23. The Morgan fingerprint density at radius 3 is 2.05 bits per heavy atom. The zero-order valence-corrected chi connectivity index (χ0v) is 11.1. The number of hydrogen-bond acceptors (Lipinski definition) is 3. The van der Waals surface area contributed by atoms with Crippen molar-refractivity contribution in [1.29, 1.82) is 0 Å². The van der Waals surface area contributed by atoms with Crippen molar-refractivity contribution in [2.45, 2.75) is 13.0 Å². The van der Waals surface area contributed by atoms with Crippen LogP contribution in [0, 0.1) is 5.92 Å². The maximum Gasteiger partial charge on any atom is 0.316 e. The summed E-state index contributed by atoms with van der Waals surface area (Å²) in [5, 5.41) is 0. The van der Waals surface area contributed by atoms with Crippen LogP contribution < -0.4 is 0 Å². The second-order valence-electron chi connectivity index (χ2n) is 4.53. The van der Waals surface area contributed by atoms with Gasteiger partial charge in [0.2, 0.25) is 0 Å². The highest BCUT2D eigenvalue weighted by molar-refractivity contribution is 5.88. The monoisotopic (exact) mass is 268 g/mol. The molecule has 0 radical (unpaired) electrons. The van der Waals surface area contributed by atoms with Crippen molar-refractivity contribution in [3.63, 3.8) is 0 Å². The van der Waals surface area contributed by atoms with Gasteiger partial charge in [-0.2, -0.15) is 0 Å². The van der Waals surface area contributed by atoms with E-state index < -0.39 is 11.9 Å². The highest BCUT2D eigenvalue weighted by Crippen LogP contribution is 2.10. The van der Waals surface area contributed by atoms with Crippen LogP contribution in [0.15, 0.2) is 60.7 Å². The first-order valence-electron chi connectivity index (χ1n) is 6.49. The van der Waals surface area contributed by atoms with Crippen LogP contribution >= 0.6 is 0 Å². The maximum atomic E-state index is 11.9. The largest absolute Gasteiger partial charge is 0.460 e. The van der Waals surface area contributed by atoms with E-state index in [4.69, 9.17) is 4.74 Å². The molecular formula is C17H16O3. The van der Waals surface area contributed by atoms with E-state index in [1.165, 1.54) is 0 Å². The van der Waals surface area contributed by atoms with Gasteiger partial charge in [-0.15, -0.1) is 0 Å². The first-order chi connectivity index (χ1) is 9.79. The average Bonchev–Trinajstić information content (AvgIpc) is 2.52. The Kier molecular flexibility index (Phi) is 5.07. The first kappa shape index (κ1) is 14.0. The lowest BCUT2D eigenvalue weighted by Crippen LogP contribution is -2.21. The predicted molar refractivity (Wildman–Crippen MR) is 75.9 cm³/mol. The fourth-order valence-corrected chi connectivity index (χ4v) is 1.89. The van der Waals surface area contributed by atoms with E-state index in [1.807, 2.05) is 60.7 Å².